The molecule has 9 heteroatoms. The summed E-state index contributed by atoms with van der Waals surface area (Å²) in [5, 5.41) is 16.0. The lowest BCUT2D eigenvalue weighted by Crippen LogP contribution is -2.54. The van der Waals surface area contributed by atoms with Crippen LogP contribution in [0.4, 0.5) is 0 Å². The van der Waals surface area contributed by atoms with Crippen molar-refractivity contribution in [3.8, 4) is 0 Å². The quantitative estimate of drug-likeness (QED) is 0.415. The number of carboxylic acid groups (broad SMARTS) is 1. The summed E-state index contributed by atoms with van der Waals surface area (Å²) in [6.07, 6.45) is -0.252. The second kappa shape index (κ2) is 10.3. The van der Waals surface area contributed by atoms with Crippen LogP contribution >= 0.6 is 0 Å². The van der Waals surface area contributed by atoms with E-state index in [1.54, 1.807) is 6.92 Å². The molecule has 3 atom stereocenters. The molecular formula is C15H25N3O6. The van der Waals surface area contributed by atoms with E-state index in [4.69, 9.17) is 5.11 Å². The number of hydrogen-bond acceptors (Lipinski definition) is 5. The van der Waals surface area contributed by atoms with Crippen LogP contribution < -0.4 is 16.0 Å². The summed E-state index contributed by atoms with van der Waals surface area (Å²) in [7, 11) is 0. The van der Waals surface area contributed by atoms with Gasteiger partial charge in [0.25, 0.3) is 0 Å². The van der Waals surface area contributed by atoms with Gasteiger partial charge in [0, 0.05) is 12.8 Å². The second-order valence-electron chi connectivity index (χ2n) is 5.48. The topological polar surface area (TPSA) is 142 Å². The van der Waals surface area contributed by atoms with Crippen molar-refractivity contribution in [2.45, 2.75) is 65.1 Å². The van der Waals surface area contributed by atoms with E-state index in [-0.39, 0.29) is 25.0 Å². The zero-order valence-electron chi connectivity index (χ0n) is 14.3. The van der Waals surface area contributed by atoms with Gasteiger partial charge in [-0.3, -0.25) is 24.0 Å². The molecule has 9 nitrogen and oxygen atoms in total. The first-order valence-corrected chi connectivity index (χ1v) is 7.70. The van der Waals surface area contributed by atoms with Gasteiger partial charge in [0.2, 0.25) is 17.7 Å². The van der Waals surface area contributed by atoms with Crippen LogP contribution in [0.2, 0.25) is 0 Å². The van der Waals surface area contributed by atoms with E-state index in [1.165, 1.54) is 20.8 Å². The molecule has 0 aromatic carbocycles. The van der Waals surface area contributed by atoms with Crippen LogP contribution in [0.15, 0.2) is 0 Å². The monoisotopic (exact) mass is 343 g/mol. The normalized spacial score (nSPS) is 14.0. The summed E-state index contributed by atoms with van der Waals surface area (Å²) < 4.78 is 0. The Morgan fingerprint density at radius 3 is 1.92 bits per heavy atom. The average Bonchev–Trinajstić information content (AvgIpc) is 2.50. The van der Waals surface area contributed by atoms with Crippen LogP contribution in [0.1, 0.15) is 47.0 Å². The number of amides is 3. The molecule has 0 unspecified atom stereocenters. The molecule has 24 heavy (non-hydrogen) atoms. The number of rotatable bonds is 10. The fraction of sp³-hybridized carbons (Fsp3) is 0.667. The maximum atomic E-state index is 12.2. The summed E-state index contributed by atoms with van der Waals surface area (Å²) >= 11 is 0. The maximum Gasteiger partial charge on any atom is 0.303 e. The first-order valence-electron chi connectivity index (χ1n) is 7.70. The van der Waals surface area contributed by atoms with Gasteiger partial charge >= 0.3 is 5.97 Å². The summed E-state index contributed by atoms with van der Waals surface area (Å²) in [6.45, 7) is 5.87. The van der Waals surface area contributed by atoms with E-state index in [2.05, 4.69) is 16.0 Å². The number of carboxylic acids is 1. The zero-order valence-corrected chi connectivity index (χ0v) is 14.3. The molecule has 0 spiro atoms. The third-order valence-corrected chi connectivity index (χ3v) is 3.34. The summed E-state index contributed by atoms with van der Waals surface area (Å²) in [4.78, 5) is 57.3. The van der Waals surface area contributed by atoms with Crippen LogP contribution in [-0.2, 0) is 24.0 Å². The molecule has 0 saturated heterocycles. The van der Waals surface area contributed by atoms with Crippen molar-refractivity contribution in [1.29, 1.82) is 0 Å². The first-order chi connectivity index (χ1) is 11.1. The first kappa shape index (κ1) is 21.6. The fourth-order valence-corrected chi connectivity index (χ4v) is 1.65. The number of ketones is 1. The predicted octanol–water partition coefficient (Wildman–Crippen LogP) is -0.656. The van der Waals surface area contributed by atoms with Gasteiger partial charge in [0.15, 0.2) is 5.78 Å². The number of carbonyl (C=O) groups excluding carboxylic acids is 4. The standard InChI is InChI=1S/C15H25N3O6/c1-5-12(20)18-11(6-7-13(21)22)15(24)17-9(3)14(23)16-8(2)10(4)19/h8-9,11H,5-7H2,1-4H3,(H,16,23)(H,17,24)(H,18,20)(H,21,22)/t8-,9-,11-/m0/s1. The molecule has 0 aliphatic heterocycles. The Kier molecular flexibility index (Phi) is 9.29. The number of Topliss-reactive ketones (excluding diaryl/α,β-unsaturated/α-hetero) is 1. The SMILES string of the molecule is CCC(=O)N[C@@H](CCC(=O)O)C(=O)N[C@@H](C)C(=O)N[C@@H](C)C(C)=O. The third-order valence-electron chi connectivity index (χ3n) is 3.34. The highest BCUT2D eigenvalue weighted by Crippen LogP contribution is 2.00. The molecule has 136 valence electrons. The van der Waals surface area contributed by atoms with Crippen LogP contribution in [-0.4, -0.2) is 52.7 Å². The van der Waals surface area contributed by atoms with Crippen LogP contribution in [0, 0.1) is 0 Å². The smallest absolute Gasteiger partial charge is 0.303 e. The Labute approximate surface area is 140 Å². The molecule has 0 fully saturated rings. The van der Waals surface area contributed by atoms with E-state index in [9.17, 15) is 24.0 Å². The van der Waals surface area contributed by atoms with E-state index >= 15 is 0 Å². The lowest BCUT2D eigenvalue weighted by atomic mass is 10.1. The minimum atomic E-state index is -1.10. The van der Waals surface area contributed by atoms with Gasteiger partial charge < -0.3 is 21.1 Å². The van der Waals surface area contributed by atoms with Crippen molar-refractivity contribution in [2.75, 3.05) is 0 Å². The lowest BCUT2D eigenvalue weighted by Gasteiger charge is -2.21. The Hall–Kier alpha value is -2.45. The van der Waals surface area contributed by atoms with Gasteiger partial charge in [-0.2, -0.15) is 0 Å². The molecule has 0 aliphatic carbocycles. The van der Waals surface area contributed by atoms with E-state index in [1.807, 2.05) is 0 Å². The summed E-state index contributed by atoms with van der Waals surface area (Å²) in [6, 6.07) is -2.67. The predicted molar refractivity (Wildman–Crippen MR) is 85.0 cm³/mol. The Morgan fingerprint density at radius 2 is 1.46 bits per heavy atom. The van der Waals surface area contributed by atoms with Gasteiger partial charge in [-0.05, 0) is 27.2 Å². The van der Waals surface area contributed by atoms with Gasteiger partial charge in [0.05, 0.1) is 6.04 Å². The zero-order chi connectivity index (χ0) is 18.9. The van der Waals surface area contributed by atoms with Crippen LogP contribution in [0.5, 0.6) is 0 Å². The van der Waals surface area contributed by atoms with Crippen molar-refractivity contribution in [2.24, 2.45) is 0 Å². The highest BCUT2D eigenvalue weighted by molar-refractivity contribution is 5.94. The van der Waals surface area contributed by atoms with Gasteiger partial charge in [-0.25, -0.2) is 0 Å². The van der Waals surface area contributed by atoms with Gasteiger partial charge in [-0.1, -0.05) is 6.92 Å². The Morgan fingerprint density at radius 1 is 0.917 bits per heavy atom. The number of hydrogen-bond donors (Lipinski definition) is 4. The molecule has 0 aromatic rings. The molecular weight excluding hydrogens is 318 g/mol. The highest BCUT2D eigenvalue weighted by atomic mass is 16.4. The number of nitrogens with one attached hydrogen (secondary N) is 3. The van der Waals surface area contributed by atoms with E-state index in [0.29, 0.717) is 0 Å². The molecule has 0 aromatic heterocycles. The Bertz CT molecular complexity index is 505. The second-order valence-corrected chi connectivity index (χ2v) is 5.48. The highest BCUT2D eigenvalue weighted by Gasteiger charge is 2.25. The van der Waals surface area contributed by atoms with E-state index < -0.39 is 41.8 Å². The molecule has 3 amide bonds. The molecule has 0 saturated carbocycles. The molecule has 4 N–H and O–H groups in total. The maximum absolute atomic E-state index is 12.2. The van der Waals surface area contributed by atoms with Crippen molar-refractivity contribution < 1.29 is 29.1 Å². The number of carbonyl (C=O) groups is 5. The fourth-order valence-electron chi connectivity index (χ4n) is 1.65. The minimum absolute atomic E-state index is 0.0922. The summed E-state index contributed by atoms with van der Waals surface area (Å²) in [5.74, 6) is -2.93. The lowest BCUT2D eigenvalue weighted by molar-refractivity contribution is -0.138. The van der Waals surface area contributed by atoms with E-state index in [0.717, 1.165) is 0 Å². The van der Waals surface area contributed by atoms with Crippen molar-refractivity contribution in [3.05, 3.63) is 0 Å². The van der Waals surface area contributed by atoms with Crippen LogP contribution in [0.25, 0.3) is 0 Å². The molecule has 0 heterocycles. The molecule has 0 rings (SSSR count). The third kappa shape index (κ3) is 8.25. The van der Waals surface area contributed by atoms with Crippen molar-refractivity contribution in [1.82, 2.24) is 16.0 Å². The van der Waals surface area contributed by atoms with Crippen molar-refractivity contribution >= 4 is 29.5 Å². The van der Waals surface area contributed by atoms with Crippen LogP contribution in [0.3, 0.4) is 0 Å². The molecule has 0 radical (unpaired) electrons. The van der Waals surface area contributed by atoms with Crippen molar-refractivity contribution in [3.63, 3.8) is 0 Å². The Balaban J connectivity index is 4.76. The van der Waals surface area contributed by atoms with Gasteiger partial charge in [0.1, 0.15) is 12.1 Å². The molecule has 0 aliphatic rings. The number of aliphatic carboxylic acids is 1. The average molecular weight is 343 g/mol. The molecule has 0 bridgehead atoms. The minimum Gasteiger partial charge on any atom is -0.481 e. The van der Waals surface area contributed by atoms with Gasteiger partial charge in [-0.15, -0.1) is 0 Å². The summed E-state index contributed by atoms with van der Waals surface area (Å²) in [5.41, 5.74) is 0. The largest absolute Gasteiger partial charge is 0.481 e.